The van der Waals surface area contributed by atoms with Crippen LogP contribution in [0.3, 0.4) is 0 Å². The number of hydrogen-bond donors (Lipinski definition) is 2. The predicted molar refractivity (Wildman–Crippen MR) is 85.5 cm³/mol. The Bertz CT molecular complexity index is 791. The van der Waals surface area contributed by atoms with Crippen LogP contribution in [-0.4, -0.2) is 20.8 Å². The Morgan fingerprint density at radius 1 is 1.27 bits per heavy atom. The largest absolute Gasteiger partial charge is 0.334 e. The molecule has 3 rings (SSSR count). The van der Waals surface area contributed by atoms with Crippen molar-refractivity contribution in [3.05, 3.63) is 54.5 Å². The number of amides is 2. The van der Waals surface area contributed by atoms with E-state index in [1.807, 2.05) is 37.3 Å². The van der Waals surface area contributed by atoms with E-state index in [0.29, 0.717) is 12.2 Å². The fourth-order valence-corrected chi connectivity index (χ4v) is 2.26. The number of carbonyl (C=O) groups excluding carboxylic acids is 1. The van der Waals surface area contributed by atoms with Crippen LogP contribution in [0.25, 0.3) is 10.9 Å². The summed E-state index contributed by atoms with van der Waals surface area (Å²) in [4.78, 5) is 16.3. The van der Waals surface area contributed by atoms with Gasteiger partial charge >= 0.3 is 6.03 Å². The van der Waals surface area contributed by atoms with Crippen LogP contribution in [-0.2, 0) is 13.1 Å². The van der Waals surface area contributed by atoms with Crippen molar-refractivity contribution in [2.45, 2.75) is 20.0 Å². The first-order valence-electron chi connectivity index (χ1n) is 7.16. The van der Waals surface area contributed by atoms with Crippen molar-refractivity contribution >= 4 is 22.6 Å². The molecule has 6 heteroatoms. The van der Waals surface area contributed by atoms with Crippen molar-refractivity contribution in [1.29, 1.82) is 0 Å². The molecular weight excluding hydrogens is 278 g/mol. The zero-order valence-electron chi connectivity index (χ0n) is 12.3. The number of hydrogen-bond acceptors (Lipinski definition) is 3. The topological polar surface area (TPSA) is 71.8 Å². The third-order valence-corrected chi connectivity index (χ3v) is 3.39. The number of carbonyl (C=O) groups is 1. The van der Waals surface area contributed by atoms with Gasteiger partial charge in [-0.15, -0.1) is 0 Å². The Morgan fingerprint density at radius 2 is 2.14 bits per heavy atom. The van der Waals surface area contributed by atoms with E-state index < -0.39 is 0 Å². The maximum atomic E-state index is 11.9. The van der Waals surface area contributed by atoms with Crippen LogP contribution in [0.4, 0.5) is 10.5 Å². The highest BCUT2D eigenvalue weighted by Crippen LogP contribution is 2.15. The van der Waals surface area contributed by atoms with Gasteiger partial charge < -0.3 is 10.6 Å². The molecule has 6 nitrogen and oxygen atoms in total. The zero-order chi connectivity index (χ0) is 15.4. The highest BCUT2D eigenvalue weighted by atomic mass is 16.2. The highest BCUT2D eigenvalue weighted by molar-refractivity contribution is 5.89. The minimum atomic E-state index is -0.253. The second kappa shape index (κ2) is 6.26. The minimum Gasteiger partial charge on any atom is -0.334 e. The predicted octanol–water partition coefficient (Wildman–Crippen LogP) is 2.77. The van der Waals surface area contributed by atoms with Crippen LogP contribution in [0.15, 0.2) is 48.9 Å². The average Bonchev–Trinajstić information content (AvgIpc) is 3.00. The zero-order valence-corrected chi connectivity index (χ0v) is 12.3. The van der Waals surface area contributed by atoms with Crippen molar-refractivity contribution in [2.75, 3.05) is 5.32 Å². The molecule has 0 bridgehead atoms. The van der Waals surface area contributed by atoms with Crippen molar-refractivity contribution in [3.8, 4) is 0 Å². The van der Waals surface area contributed by atoms with E-state index in [1.54, 1.807) is 23.3 Å². The van der Waals surface area contributed by atoms with Gasteiger partial charge in [-0.1, -0.05) is 18.2 Å². The summed E-state index contributed by atoms with van der Waals surface area (Å²) >= 11 is 0. The summed E-state index contributed by atoms with van der Waals surface area (Å²) in [5, 5.41) is 10.8. The number of anilines is 1. The van der Waals surface area contributed by atoms with E-state index >= 15 is 0 Å². The summed E-state index contributed by atoms with van der Waals surface area (Å²) in [6.45, 7) is 3.20. The molecule has 2 N–H and O–H groups in total. The number of nitrogens with zero attached hydrogens (tertiary/aromatic N) is 3. The van der Waals surface area contributed by atoms with Crippen LogP contribution in [0.1, 0.15) is 12.5 Å². The summed E-state index contributed by atoms with van der Waals surface area (Å²) in [7, 11) is 0. The molecule has 0 saturated carbocycles. The summed E-state index contributed by atoms with van der Waals surface area (Å²) in [5.74, 6) is 0. The third-order valence-electron chi connectivity index (χ3n) is 3.39. The van der Waals surface area contributed by atoms with Gasteiger partial charge in [-0.3, -0.25) is 9.67 Å². The lowest BCUT2D eigenvalue weighted by Crippen LogP contribution is -2.28. The molecule has 0 radical (unpaired) electrons. The van der Waals surface area contributed by atoms with Crippen LogP contribution in [0.2, 0.25) is 0 Å². The van der Waals surface area contributed by atoms with Gasteiger partial charge in [0.25, 0.3) is 0 Å². The Balaban J connectivity index is 1.65. The Labute approximate surface area is 128 Å². The summed E-state index contributed by atoms with van der Waals surface area (Å²) in [6.07, 6.45) is 5.18. The van der Waals surface area contributed by atoms with Gasteiger partial charge in [0.15, 0.2) is 0 Å². The molecule has 3 aromatic rings. The molecule has 0 saturated heterocycles. The summed E-state index contributed by atoms with van der Waals surface area (Å²) < 4.78 is 1.76. The van der Waals surface area contributed by atoms with Crippen molar-refractivity contribution in [3.63, 3.8) is 0 Å². The van der Waals surface area contributed by atoms with Gasteiger partial charge in [0.05, 0.1) is 17.4 Å². The van der Waals surface area contributed by atoms with Crippen molar-refractivity contribution in [2.24, 2.45) is 0 Å². The smallest absolute Gasteiger partial charge is 0.319 e. The number of nitrogens with one attached hydrogen (secondary N) is 2. The molecule has 0 aliphatic heterocycles. The molecule has 0 aliphatic rings. The fraction of sp³-hybridized carbons (Fsp3) is 0.188. The Hall–Kier alpha value is -2.89. The van der Waals surface area contributed by atoms with E-state index in [1.165, 1.54) is 0 Å². The van der Waals surface area contributed by atoms with Crippen LogP contribution >= 0.6 is 0 Å². The number of para-hydroxylation sites is 1. The highest BCUT2D eigenvalue weighted by Gasteiger charge is 2.06. The third kappa shape index (κ3) is 3.06. The standard InChI is InChI=1S/C16H17N5O/c1-2-21-11-13(10-19-21)20-16(22)18-9-12-7-8-17-15-6-4-3-5-14(12)15/h3-8,10-11H,2,9H2,1H3,(H2,18,20,22). The molecule has 112 valence electrons. The van der Waals surface area contributed by atoms with Crippen molar-refractivity contribution < 1.29 is 4.79 Å². The normalized spacial score (nSPS) is 10.6. The molecule has 0 unspecified atom stereocenters. The molecule has 22 heavy (non-hydrogen) atoms. The minimum absolute atomic E-state index is 0.253. The quantitative estimate of drug-likeness (QED) is 0.777. The second-order valence-corrected chi connectivity index (χ2v) is 4.88. The molecule has 0 spiro atoms. The number of urea groups is 1. The van der Waals surface area contributed by atoms with Gasteiger partial charge in [0.2, 0.25) is 0 Å². The Kier molecular flexibility index (Phi) is 4.00. The van der Waals surface area contributed by atoms with Gasteiger partial charge in [0.1, 0.15) is 0 Å². The number of pyridine rings is 1. The molecule has 0 fully saturated rings. The van der Waals surface area contributed by atoms with E-state index in [4.69, 9.17) is 0 Å². The molecule has 2 heterocycles. The van der Waals surface area contributed by atoms with Gasteiger partial charge in [-0.05, 0) is 24.6 Å². The first-order chi connectivity index (χ1) is 10.8. The fourth-order valence-electron chi connectivity index (χ4n) is 2.26. The van der Waals surface area contributed by atoms with Crippen LogP contribution in [0.5, 0.6) is 0 Å². The first-order valence-corrected chi connectivity index (χ1v) is 7.16. The number of benzene rings is 1. The molecular formula is C16H17N5O. The molecule has 0 aliphatic carbocycles. The van der Waals surface area contributed by atoms with E-state index in [2.05, 4.69) is 20.7 Å². The Morgan fingerprint density at radius 3 is 2.95 bits per heavy atom. The van der Waals surface area contributed by atoms with Crippen molar-refractivity contribution in [1.82, 2.24) is 20.1 Å². The van der Waals surface area contributed by atoms with E-state index in [0.717, 1.165) is 23.0 Å². The lowest BCUT2D eigenvalue weighted by molar-refractivity contribution is 0.252. The molecule has 2 amide bonds. The SMILES string of the molecule is CCn1cc(NC(=O)NCc2ccnc3ccccc23)cn1. The number of rotatable bonds is 4. The molecule has 1 aromatic carbocycles. The number of fused-ring (bicyclic) bond motifs is 1. The number of aromatic nitrogens is 3. The van der Waals surface area contributed by atoms with E-state index in [9.17, 15) is 4.79 Å². The number of aryl methyl sites for hydroxylation is 1. The lowest BCUT2D eigenvalue weighted by Gasteiger charge is -2.08. The maximum absolute atomic E-state index is 11.9. The molecule has 2 aromatic heterocycles. The summed E-state index contributed by atoms with van der Waals surface area (Å²) in [5.41, 5.74) is 2.63. The van der Waals surface area contributed by atoms with Gasteiger partial charge in [0, 0.05) is 30.9 Å². The lowest BCUT2D eigenvalue weighted by atomic mass is 10.1. The first kappa shape index (κ1) is 14.1. The summed E-state index contributed by atoms with van der Waals surface area (Å²) in [6, 6.07) is 9.53. The van der Waals surface area contributed by atoms with E-state index in [-0.39, 0.29) is 6.03 Å². The average molecular weight is 295 g/mol. The van der Waals surface area contributed by atoms with Crippen LogP contribution < -0.4 is 10.6 Å². The molecule has 0 atom stereocenters. The van der Waals surface area contributed by atoms with Gasteiger partial charge in [-0.2, -0.15) is 5.10 Å². The van der Waals surface area contributed by atoms with Crippen LogP contribution in [0, 0.1) is 0 Å². The second-order valence-electron chi connectivity index (χ2n) is 4.88. The van der Waals surface area contributed by atoms with Gasteiger partial charge in [-0.25, -0.2) is 4.79 Å². The maximum Gasteiger partial charge on any atom is 0.319 e. The monoisotopic (exact) mass is 295 g/mol.